The van der Waals surface area contributed by atoms with Crippen LogP contribution in [0.3, 0.4) is 0 Å². The molecule has 2 amide bonds. The molecule has 0 fully saturated rings. The molecule has 0 aliphatic rings. The van der Waals surface area contributed by atoms with Gasteiger partial charge in [0, 0.05) is 13.1 Å². The van der Waals surface area contributed by atoms with Crippen LogP contribution in [0, 0.1) is 6.92 Å². The molecule has 12 heteroatoms. The maximum absolute atomic E-state index is 13.4. The van der Waals surface area contributed by atoms with Crippen molar-refractivity contribution in [3.63, 3.8) is 0 Å². The van der Waals surface area contributed by atoms with Gasteiger partial charge in [0.2, 0.25) is 21.8 Å². The van der Waals surface area contributed by atoms with Crippen LogP contribution in [-0.4, -0.2) is 50.5 Å². The number of rotatable bonds is 9. The summed E-state index contributed by atoms with van der Waals surface area (Å²) in [4.78, 5) is 27.1. The predicted molar refractivity (Wildman–Crippen MR) is 129 cm³/mol. The van der Waals surface area contributed by atoms with Crippen molar-refractivity contribution in [3.8, 4) is 0 Å². The Morgan fingerprint density at radius 3 is 2.31 bits per heavy atom. The number of benzene rings is 2. The Morgan fingerprint density at radius 1 is 1.14 bits per heavy atom. The fraction of sp³-hybridized carbons (Fsp3) is 0.391. The van der Waals surface area contributed by atoms with Crippen LogP contribution in [0.2, 0.25) is 5.02 Å². The SMILES string of the molecule is CCNC(=O)[C@@H](C)N(Cc1ccccc1C)C(=O)CN(c1cc(C(F)(F)F)ccc1Cl)S(C)(=O)=O. The highest BCUT2D eigenvalue weighted by Gasteiger charge is 2.34. The summed E-state index contributed by atoms with van der Waals surface area (Å²) in [5.41, 5.74) is -0.0430. The Labute approximate surface area is 207 Å². The summed E-state index contributed by atoms with van der Waals surface area (Å²) >= 11 is 6.05. The van der Waals surface area contributed by atoms with Gasteiger partial charge in [-0.05, 0) is 50.1 Å². The number of hydrogen-bond acceptors (Lipinski definition) is 4. The second-order valence-corrected chi connectivity index (χ2v) is 10.3. The summed E-state index contributed by atoms with van der Waals surface area (Å²) in [7, 11) is -4.24. The molecule has 1 N–H and O–H groups in total. The molecular formula is C23H27ClF3N3O4S. The van der Waals surface area contributed by atoms with Gasteiger partial charge in [-0.25, -0.2) is 8.42 Å². The summed E-state index contributed by atoms with van der Waals surface area (Å²) in [6.45, 7) is 4.46. The quantitative estimate of drug-likeness (QED) is 0.528. The number of sulfonamides is 1. The van der Waals surface area contributed by atoms with Crippen molar-refractivity contribution >= 4 is 39.1 Å². The molecule has 0 saturated carbocycles. The van der Waals surface area contributed by atoms with Crippen LogP contribution in [0.25, 0.3) is 0 Å². The van der Waals surface area contributed by atoms with Crippen molar-refractivity contribution in [1.29, 1.82) is 0 Å². The molecule has 0 spiro atoms. The zero-order valence-electron chi connectivity index (χ0n) is 19.7. The molecule has 0 aliphatic heterocycles. The van der Waals surface area contributed by atoms with E-state index in [2.05, 4.69) is 5.32 Å². The minimum Gasteiger partial charge on any atom is -0.355 e. The van der Waals surface area contributed by atoms with Crippen molar-refractivity contribution in [2.24, 2.45) is 0 Å². The van der Waals surface area contributed by atoms with Crippen LogP contribution < -0.4 is 9.62 Å². The van der Waals surface area contributed by atoms with E-state index in [1.165, 1.54) is 11.8 Å². The molecule has 0 bridgehead atoms. The number of nitrogens with one attached hydrogen (secondary N) is 1. The van der Waals surface area contributed by atoms with Crippen molar-refractivity contribution in [2.75, 3.05) is 23.7 Å². The topological polar surface area (TPSA) is 86.8 Å². The van der Waals surface area contributed by atoms with E-state index in [-0.39, 0.29) is 11.6 Å². The molecular weight excluding hydrogens is 507 g/mol. The summed E-state index contributed by atoms with van der Waals surface area (Å²) in [5, 5.41) is 2.34. The van der Waals surface area contributed by atoms with Gasteiger partial charge in [0.1, 0.15) is 12.6 Å². The Balaban J connectivity index is 2.51. The van der Waals surface area contributed by atoms with Crippen molar-refractivity contribution in [1.82, 2.24) is 10.2 Å². The molecule has 0 aliphatic carbocycles. The molecule has 0 radical (unpaired) electrons. The van der Waals surface area contributed by atoms with Crippen molar-refractivity contribution < 1.29 is 31.2 Å². The third-order valence-corrected chi connectivity index (χ3v) is 6.79. The number of carbonyl (C=O) groups excluding carboxylic acids is 2. The monoisotopic (exact) mass is 533 g/mol. The summed E-state index contributed by atoms with van der Waals surface area (Å²) in [6.07, 6.45) is -3.99. The largest absolute Gasteiger partial charge is 0.416 e. The number of anilines is 1. The van der Waals surface area contributed by atoms with E-state index in [1.54, 1.807) is 25.1 Å². The van der Waals surface area contributed by atoms with E-state index in [4.69, 9.17) is 11.6 Å². The highest BCUT2D eigenvalue weighted by molar-refractivity contribution is 7.92. The Morgan fingerprint density at radius 2 is 1.77 bits per heavy atom. The number of hydrogen-bond donors (Lipinski definition) is 1. The third-order valence-electron chi connectivity index (χ3n) is 5.34. The fourth-order valence-electron chi connectivity index (χ4n) is 3.35. The smallest absolute Gasteiger partial charge is 0.355 e. The lowest BCUT2D eigenvalue weighted by Gasteiger charge is -2.32. The molecule has 0 heterocycles. The minimum atomic E-state index is -4.75. The number of amides is 2. The molecule has 7 nitrogen and oxygen atoms in total. The average molecular weight is 534 g/mol. The van der Waals surface area contributed by atoms with Crippen LogP contribution in [-0.2, 0) is 32.3 Å². The number of halogens is 4. The molecule has 0 aromatic heterocycles. The molecule has 35 heavy (non-hydrogen) atoms. The third kappa shape index (κ3) is 7.35. The van der Waals surface area contributed by atoms with Gasteiger partial charge in [-0.3, -0.25) is 13.9 Å². The summed E-state index contributed by atoms with van der Waals surface area (Å²) in [6, 6.07) is 8.38. The number of carbonyl (C=O) groups is 2. The fourth-order valence-corrected chi connectivity index (χ4v) is 4.47. The van der Waals surface area contributed by atoms with Gasteiger partial charge in [0.15, 0.2) is 0 Å². The standard InChI is InChI=1S/C23H27ClF3N3O4S/c1-5-28-22(32)16(3)29(13-17-9-7-6-8-15(17)2)21(31)14-30(35(4,33)34)20-12-18(23(25,26)27)10-11-19(20)24/h6-12,16H,5,13-14H2,1-4H3,(H,28,32)/t16-/m1/s1. The highest BCUT2D eigenvalue weighted by atomic mass is 35.5. The van der Waals surface area contributed by atoms with E-state index >= 15 is 0 Å². The Hall–Kier alpha value is -2.79. The molecule has 192 valence electrons. The Kier molecular flexibility index (Phi) is 9.18. The van der Waals surface area contributed by atoms with Crippen LogP contribution in [0.1, 0.15) is 30.5 Å². The predicted octanol–water partition coefficient (Wildman–Crippen LogP) is 3.99. The van der Waals surface area contributed by atoms with E-state index in [9.17, 15) is 31.2 Å². The van der Waals surface area contributed by atoms with Crippen LogP contribution in [0.15, 0.2) is 42.5 Å². The van der Waals surface area contributed by atoms with Crippen molar-refractivity contribution in [2.45, 2.75) is 39.5 Å². The van der Waals surface area contributed by atoms with Crippen LogP contribution in [0.5, 0.6) is 0 Å². The zero-order valence-corrected chi connectivity index (χ0v) is 21.3. The maximum atomic E-state index is 13.4. The highest BCUT2D eigenvalue weighted by Crippen LogP contribution is 2.36. The second kappa shape index (κ2) is 11.3. The molecule has 2 aromatic carbocycles. The first-order valence-electron chi connectivity index (χ1n) is 10.6. The van der Waals surface area contributed by atoms with Gasteiger partial charge in [-0.1, -0.05) is 35.9 Å². The Bertz CT molecular complexity index is 1190. The van der Waals surface area contributed by atoms with Crippen LogP contribution in [0.4, 0.5) is 18.9 Å². The normalized spacial score (nSPS) is 12.7. The lowest BCUT2D eigenvalue weighted by Crippen LogP contribution is -2.51. The van der Waals surface area contributed by atoms with Crippen LogP contribution >= 0.6 is 11.6 Å². The van der Waals surface area contributed by atoms with Gasteiger partial charge in [-0.15, -0.1) is 0 Å². The molecule has 1 atom stereocenters. The first-order chi connectivity index (χ1) is 16.2. The van der Waals surface area contributed by atoms with Crippen molar-refractivity contribution in [3.05, 3.63) is 64.2 Å². The lowest BCUT2D eigenvalue weighted by atomic mass is 10.1. The lowest BCUT2D eigenvalue weighted by molar-refractivity contribution is -0.139. The maximum Gasteiger partial charge on any atom is 0.416 e. The van der Waals surface area contributed by atoms with Gasteiger partial charge >= 0.3 is 6.18 Å². The molecule has 0 saturated heterocycles. The minimum absolute atomic E-state index is 0.0161. The first-order valence-corrected chi connectivity index (χ1v) is 12.9. The molecule has 0 unspecified atom stereocenters. The number of alkyl halides is 3. The van der Waals surface area contributed by atoms with Gasteiger partial charge in [0.05, 0.1) is 22.5 Å². The van der Waals surface area contributed by atoms with E-state index in [0.717, 1.165) is 29.5 Å². The van der Waals surface area contributed by atoms with E-state index in [1.807, 2.05) is 13.0 Å². The zero-order chi connectivity index (χ0) is 26.6. The summed E-state index contributed by atoms with van der Waals surface area (Å²) < 4.78 is 65.4. The first kappa shape index (κ1) is 28.4. The number of likely N-dealkylation sites (N-methyl/N-ethyl adjacent to an activating group) is 1. The van der Waals surface area contributed by atoms with Gasteiger partial charge in [0.25, 0.3) is 0 Å². The van der Waals surface area contributed by atoms with Gasteiger partial charge < -0.3 is 10.2 Å². The average Bonchev–Trinajstić information content (AvgIpc) is 2.75. The summed E-state index contributed by atoms with van der Waals surface area (Å²) in [5.74, 6) is -1.25. The number of aryl methyl sites for hydroxylation is 1. The number of nitrogens with zero attached hydrogens (tertiary/aromatic N) is 2. The van der Waals surface area contributed by atoms with E-state index < -0.39 is 51.9 Å². The van der Waals surface area contributed by atoms with Gasteiger partial charge in [-0.2, -0.15) is 13.2 Å². The van der Waals surface area contributed by atoms with E-state index in [0.29, 0.717) is 16.9 Å². The molecule has 2 rings (SSSR count). The second-order valence-electron chi connectivity index (χ2n) is 7.95. The molecule has 2 aromatic rings.